The summed E-state index contributed by atoms with van der Waals surface area (Å²) < 4.78 is 0. The van der Waals surface area contributed by atoms with Gasteiger partial charge in [0.1, 0.15) is 0 Å². The molecule has 0 aliphatic rings. The van der Waals surface area contributed by atoms with E-state index in [0.29, 0.717) is 22.3 Å². The van der Waals surface area contributed by atoms with Crippen molar-refractivity contribution in [1.82, 2.24) is 0 Å². The molecule has 0 unspecified atom stereocenters. The molecule has 0 atom stereocenters. The molecule has 2 heteroatoms. The molecule has 0 saturated heterocycles. The maximum absolute atomic E-state index is 12.7. The van der Waals surface area contributed by atoms with Crippen molar-refractivity contribution in [3.8, 4) is 0 Å². The molecule has 136 valence electrons. The minimum atomic E-state index is -0.0384. The van der Waals surface area contributed by atoms with E-state index in [1.54, 1.807) is 24.3 Å². The van der Waals surface area contributed by atoms with Gasteiger partial charge in [-0.2, -0.15) is 0 Å². The Bertz CT molecular complexity index is 955. The molecule has 0 amide bonds. The third kappa shape index (κ3) is 4.22. The first-order chi connectivity index (χ1) is 12.8. The lowest BCUT2D eigenvalue weighted by Gasteiger charge is -2.19. The summed E-state index contributed by atoms with van der Waals surface area (Å²) in [5, 5.41) is 0. The predicted octanol–water partition coefficient (Wildman–Crippen LogP) is 5.75. The molecule has 0 aliphatic carbocycles. The van der Waals surface area contributed by atoms with Crippen LogP contribution in [0.25, 0.3) is 0 Å². The largest absolute Gasteiger partial charge is 0.289 e. The van der Waals surface area contributed by atoms with E-state index >= 15 is 0 Å². The Morgan fingerprint density at radius 1 is 0.556 bits per heavy atom. The second-order valence-electron chi connectivity index (χ2n) is 7.93. The average molecular weight is 356 g/mol. The number of hydrogen-bond donors (Lipinski definition) is 0. The van der Waals surface area contributed by atoms with E-state index in [1.807, 2.05) is 55.5 Å². The number of rotatable bonds is 4. The third-order valence-electron chi connectivity index (χ3n) is 4.74. The summed E-state index contributed by atoms with van der Waals surface area (Å²) >= 11 is 0. The molecule has 0 radical (unpaired) electrons. The van der Waals surface area contributed by atoms with Crippen LogP contribution in [0.4, 0.5) is 0 Å². The van der Waals surface area contributed by atoms with Gasteiger partial charge in [0.15, 0.2) is 11.6 Å². The molecule has 0 spiro atoms. The highest BCUT2D eigenvalue weighted by Gasteiger charge is 2.16. The topological polar surface area (TPSA) is 34.1 Å². The zero-order valence-electron chi connectivity index (χ0n) is 16.2. The van der Waals surface area contributed by atoms with Crippen LogP contribution >= 0.6 is 0 Å². The van der Waals surface area contributed by atoms with Crippen molar-refractivity contribution in [2.45, 2.75) is 33.1 Å². The normalized spacial score (nSPS) is 11.3. The molecule has 3 aromatic rings. The first-order valence-electron chi connectivity index (χ1n) is 9.12. The smallest absolute Gasteiger partial charge is 0.193 e. The molecule has 0 saturated carbocycles. The molecular weight excluding hydrogens is 332 g/mol. The molecule has 0 fully saturated rings. The van der Waals surface area contributed by atoms with Crippen LogP contribution in [0.15, 0.2) is 72.8 Å². The number of aryl methyl sites for hydroxylation is 1. The number of benzene rings is 3. The second-order valence-corrected chi connectivity index (χ2v) is 7.93. The monoisotopic (exact) mass is 356 g/mol. The summed E-state index contributed by atoms with van der Waals surface area (Å²) in [6.45, 7) is 8.43. The fraction of sp³-hybridized carbons (Fsp3) is 0.200. The quantitative estimate of drug-likeness (QED) is 0.557. The van der Waals surface area contributed by atoms with Gasteiger partial charge < -0.3 is 0 Å². The standard InChI is InChI=1S/C25H24O2/c1-17-5-7-18(8-6-17)23(26)19-9-11-20(12-10-19)24(27)21-13-15-22(16-14-21)25(2,3)4/h5-16H,1-4H3. The van der Waals surface area contributed by atoms with Gasteiger partial charge in [-0.15, -0.1) is 0 Å². The summed E-state index contributed by atoms with van der Waals surface area (Å²) in [7, 11) is 0. The molecule has 0 heterocycles. The van der Waals surface area contributed by atoms with Gasteiger partial charge in [0.25, 0.3) is 0 Å². The van der Waals surface area contributed by atoms with Crippen LogP contribution in [0.5, 0.6) is 0 Å². The van der Waals surface area contributed by atoms with Crippen molar-refractivity contribution in [3.63, 3.8) is 0 Å². The lowest BCUT2D eigenvalue weighted by molar-refractivity contribution is 0.102. The molecule has 3 aromatic carbocycles. The lowest BCUT2D eigenvalue weighted by Crippen LogP contribution is -2.11. The van der Waals surface area contributed by atoms with Crippen molar-refractivity contribution >= 4 is 11.6 Å². The van der Waals surface area contributed by atoms with Crippen LogP contribution in [0, 0.1) is 6.92 Å². The molecule has 2 nitrogen and oxygen atoms in total. The van der Waals surface area contributed by atoms with Gasteiger partial charge in [-0.05, 0) is 17.9 Å². The number of carbonyl (C=O) groups excluding carboxylic acids is 2. The van der Waals surface area contributed by atoms with Crippen molar-refractivity contribution in [2.24, 2.45) is 0 Å². The maximum atomic E-state index is 12.7. The summed E-state index contributed by atoms with van der Waals surface area (Å²) in [6, 6.07) is 22.1. The van der Waals surface area contributed by atoms with E-state index in [1.165, 1.54) is 5.56 Å². The van der Waals surface area contributed by atoms with Crippen LogP contribution in [0.3, 0.4) is 0 Å². The van der Waals surface area contributed by atoms with Gasteiger partial charge in [-0.1, -0.05) is 99.1 Å². The summed E-state index contributed by atoms with van der Waals surface area (Å²) in [4.78, 5) is 25.3. The molecule has 27 heavy (non-hydrogen) atoms. The fourth-order valence-corrected chi connectivity index (χ4v) is 2.93. The highest BCUT2D eigenvalue weighted by Crippen LogP contribution is 2.23. The van der Waals surface area contributed by atoms with Gasteiger partial charge in [0, 0.05) is 22.3 Å². The Labute approximate surface area is 160 Å². The van der Waals surface area contributed by atoms with Crippen LogP contribution in [0.1, 0.15) is 63.7 Å². The molecule has 3 rings (SSSR count). The van der Waals surface area contributed by atoms with Crippen molar-refractivity contribution in [3.05, 3.63) is 106 Å². The third-order valence-corrected chi connectivity index (χ3v) is 4.74. The van der Waals surface area contributed by atoms with E-state index in [-0.39, 0.29) is 17.0 Å². The molecular formula is C25H24O2. The van der Waals surface area contributed by atoms with Gasteiger partial charge in [0.05, 0.1) is 0 Å². The van der Waals surface area contributed by atoms with E-state index in [4.69, 9.17) is 0 Å². The molecule has 0 N–H and O–H groups in total. The minimum absolute atomic E-state index is 0.0372. The van der Waals surface area contributed by atoms with E-state index in [2.05, 4.69) is 20.8 Å². The second kappa shape index (κ2) is 7.32. The van der Waals surface area contributed by atoms with Crippen LogP contribution in [-0.2, 0) is 5.41 Å². The first-order valence-corrected chi connectivity index (χ1v) is 9.12. The highest BCUT2D eigenvalue weighted by molar-refractivity contribution is 6.11. The van der Waals surface area contributed by atoms with Crippen molar-refractivity contribution in [2.75, 3.05) is 0 Å². The molecule has 0 bridgehead atoms. The van der Waals surface area contributed by atoms with Crippen LogP contribution in [-0.4, -0.2) is 11.6 Å². The SMILES string of the molecule is Cc1ccc(C(=O)c2ccc(C(=O)c3ccc(C(C)(C)C)cc3)cc2)cc1. The number of carbonyl (C=O) groups is 2. The summed E-state index contributed by atoms with van der Waals surface area (Å²) in [5.74, 6) is -0.0756. The van der Waals surface area contributed by atoms with Gasteiger partial charge in [-0.3, -0.25) is 9.59 Å². The average Bonchev–Trinajstić information content (AvgIpc) is 2.67. The molecule has 0 aromatic heterocycles. The Morgan fingerprint density at radius 2 is 0.852 bits per heavy atom. The maximum Gasteiger partial charge on any atom is 0.193 e. The van der Waals surface area contributed by atoms with Crippen molar-refractivity contribution in [1.29, 1.82) is 0 Å². The summed E-state index contributed by atoms with van der Waals surface area (Å²) in [5.41, 5.74) is 4.83. The zero-order valence-corrected chi connectivity index (χ0v) is 16.2. The fourth-order valence-electron chi connectivity index (χ4n) is 2.93. The van der Waals surface area contributed by atoms with Gasteiger partial charge in [-0.25, -0.2) is 0 Å². The predicted molar refractivity (Wildman–Crippen MR) is 110 cm³/mol. The number of ketones is 2. The van der Waals surface area contributed by atoms with Gasteiger partial charge >= 0.3 is 0 Å². The Balaban J connectivity index is 1.79. The highest BCUT2D eigenvalue weighted by atomic mass is 16.1. The van der Waals surface area contributed by atoms with Crippen LogP contribution < -0.4 is 0 Å². The summed E-state index contributed by atoms with van der Waals surface area (Å²) in [6.07, 6.45) is 0. The van der Waals surface area contributed by atoms with E-state index < -0.39 is 0 Å². The Hall–Kier alpha value is -3.00. The molecule has 0 aliphatic heterocycles. The van der Waals surface area contributed by atoms with Crippen LogP contribution in [0.2, 0.25) is 0 Å². The zero-order chi connectivity index (χ0) is 19.6. The number of hydrogen-bond acceptors (Lipinski definition) is 2. The minimum Gasteiger partial charge on any atom is -0.289 e. The lowest BCUT2D eigenvalue weighted by atomic mass is 9.86. The van der Waals surface area contributed by atoms with E-state index in [0.717, 1.165) is 5.56 Å². The van der Waals surface area contributed by atoms with Gasteiger partial charge in [0.2, 0.25) is 0 Å². The Morgan fingerprint density at radius 3 is 1.19 bits per heavy atom. The first kappa shape index (κ1) is 18.8. The van der Waals surface area contributed by atoms with Crippen molar-refractivity contribution < 1.29 is 9.59 Å². The van der Waals surface area contributed by atoms with E-state index in [9.17, 15) is 9.59 Å². The Kier molecular flexibility index (Phi) is 5.09.